The SMILES string of the molecule is C.COc1cc(C(C)OC(=O)NC(C)C)c([N+](=O)[O-])cc1OCCCC(=O)NC(C)C. The fourth-order valence-corrected chi connectivity index (χ4v) is 2.62. The molecule has 0 saturated heterocycles. The Balaban J connectivity index is 0.00000900. The number of nitrogens with one attached hydrogen (secondary N) is 2. The van der Waals surface area contributed by atoms with Crippen LogP contribution in [0, 0.1) is 10.1 Å². The summed E-state index contributed by atoms with van der Waals surface area (Å²) in [4.78, 5) is 34.5. The summed E-state index contributed by atoms with van der Waals surface area (Å²) < 4.78 is 16.1. The van der Waals surface area contributed by atoms with E-state index < -0.39 is 17.1 Å². The number of hydrogen-bond acceptors (Lipinski definition) is 7. The molecular weight excluding hydrogens is 406 g/mol. The van der Waals surface area contributed by atoms with Gasteiger partial charge in [-0.05, 0) is 47.1 Å². The third-order valence-electron chi connectivity index (χ3n) is 3.89. The van der Waals surface area contributed by atoms with Crippen molar-refractivity contribution in [2.24, 2.45) is 0 Å². The van der Waals surface area contributed by atoms with Gasteiger partial charge >= 0.3 is 6.09 Å². The highest BCUT2D eigenvalue weighted by Gasteiger charge is 2.26. The highest BCUT2D eigenvalue weighted by molar-refractivity contribution is 5.76. The monoisotopic (exact) mass is 441 g/mol. The summed E-state index contributed by atoms with van der Waals surface area (Å²) in [5.41, 5.74) is -0.0763. The lowest BCUT2D eigenvalue weighted by Crippen LogP contribution is -2.31. The second-order valence-corrected chi connectivity index (χ2v) is 7.34. The average Bonchev–Trinajstić information content (AvgIpc) is 2.63. The minimum atomic E-state index is -0.883. The zero-order chi connectivity index (χ0) is 22.8. The Labute approximate surface area is 183 Å². The molecule has 1 atom stereocenters. The lowest BCUT2D eigenvalue weighted by atomic mass is 10.1. The molecule has 10 heteroatoms. The molecule has 0 aliphatic heterocycles. The van der Waals surface area contributed by atoms with Crippen molar-refractivity contribution >= 4 is 17.7 Å². The number of ether oxygens (including phenoxy) is 3. The van der Waals surface area contributed by atoms with Gasteiger partial charge < -0.3 is 24.8 Å². The van der Waals surface area contributed by atoms with Gasteiger partial charge in [0.15, 0.2) is 11.5 Å². The lowest BCUT2D eigenvalue weighted by molar-refractivity contribution is -0.386. The Morgan fingerprint density at radius 3 is 2.19 bits per heavy atom. The fourth-order valence-electron chi connectivity index (χ4n) is 2.62. The first-order valence-corrected chi connectivity index (χ1v) is 9.80. The van der Waals surface area contributed by atoms with Crippen molar-refractivity contribution in [3.8, 4) is 11.5 Å². The minimum Gasteiger partial charge on any atom is -0.493 e. The summed E-state index contributed by atoms with van der Waals surface area (Å²) in [5, 5.41) is 16.9. The molecular formula is C21H35N3O7. The van der Waals surface area contributed by atoms with E-state index in [1.807, 2.05) is 13.8 Å². The largest absolute Gasteiger partial charge is 0.493 e. The highest BCUT2D eigenvalue weighted by Crippen LogP contribution is 2.38. The molecule has 0 bridgehead atoms. The molecule has 0 fully saturated rings. The van der Waals surface area contributed by atoms with Crippen molar-refractivity contribution in [3.63, 3.8) is 0 Å². The van der Waals surface area contributed by atoms with Crippen LogP contribution in [0.4, 0.5) is 10.5 Å². The summed E-state index contributed by atoms with van der Waals surface area (Å²) >= 11 is 0. The predicted octanol–water partition coefficient (Wildman–Crippen LogP) is 4.12. The van der Waals surface area contributed by atoms with Crippen LogP contribution in [0.25, 0.3) is 0 Å². The number of rotatable bonds is 11. The van der Waals surface area contributed by atoms with Crippen LogP contribution in [0.15, 0.2) is 12.1 Å². The third kappa shape index (κ3) is 9.54. The summed E-state index contributed by atoms with van der Waals surface area (Å²) in [6.07, 6.45) is -0.847. The van der Waals surface area contributed by atoms with Crippen LogP contribution in [-0.4, -0.2) is 42.7 Å². The van der Waals surface area contributed by atoms with Gasteiger partial charge in [-0.1, -0.05) is 7.43 Å². The van der Waals surface area contributed by atoms with Crippen molar-refractivity contribution in [1.82, 2.24) is 10.6 Å². The smallest absolute Gasteiger partial charge is 0.407 e. The van der Waals surface area contributed by atoms with Gasteiger partial charge in [-0.3, -0.25) is 14.9 Å². The van der Waals surface area contributed by atoms with E-state index >= 15 is 0 Å². The number of nitro groups is 1. The molecule has 0 aromatic heterocycles. The Morgan fingerprint density at radius 1 is 1.06 bits per heavy atom. The van der Waals surface area contributed by atoms with Crippen LogP contribution in [0.3, 0.4) is 0 Å². The van der Waals surface area contributed by atoms with Gasteiger partial charge in [-0.2, -0.15) is 0 Å². The highest BCUT2D eigenvalue weighted by atomic mass is 16.6. The molecule has 1 aromatic carbocycles. The van der Waals surface area contributed by atoms with Gasteiger partial charge in [-0.15, -0.1) is 0 Å². The maximum atomic E-state index is 11.8. The van der Waals surface area contributed by atoms with Gasteiger partial charge in [-0.25, -0.2) is 4.79 Å². The molecule has 2 amide bonds. The molecule has 31 heavy (non-hydrogen) atoms. The summed E-state index contributed by atoms with van der Waals surface area (Å²) in [7, 11) is 1.41. The maximum Gasteiger partial charge on any atom is 0.407 e. The van der Waals surface area contributed by atoms with Crippen LogP contribution in [-0.2, 0) is 9.53 Å². The molecule has 1 rings (SSSR count). The van der Waals surface area contributed by atoms with E-state index in [1.54, 1.807) is 13.8 Å². The van der Waals surface area contributed by atoms with Gasteiger partial charge in [0.05, 0.1) is 30.3 Å². The number of carbonyl (C=O) groups is 2. The van der Waals surface area contributed by atoms with E-state index in [2.05, 4.69) is 10.6 Å². The number of nitro benzene ring substituents is 1. The molecule has 0 saturated carbocycles. The number of amides is 2. The number of benzene rings is 1. The van der Waals surface area contributed by atoms with Crippen LogP contribution < -0.4 is 20.1 Å². The van der Waals surface area contributed by atoms with Crippen LogP contribution in [0.1, 0.15) is 66.6 Å². The van der Waals surface area contributed by atoms with Crippen molar-refractivity contribution in [2.45, 2.75) is 73.1 Å². The van der Waals surface area contributed by atoms with E-state index in [1.165, 1.54) is 26.2 Å². The van der Waals surface area contributed by atoms with Crippen LogP contribution in [0.5, 0.6) is 11.5 Å². The zero-order valence-corrected chi connectivity index (χ0v) is 18.3. The average molecular weight is 442 g/mol. The summed E-state index contributed by atoms with van der Waals surface area (Å²) in [6.45, 7) is 9.01. The van der Waals surface area contributed by atoms with Crippen molar-refractivity contribution in [3.05, 3.63) is 27.8 Å². The number of nitrogens with zero attached hydrogens (tertiary/aromatic N) is 1. The van der Waals surface area contributed by atoms with E-state index in [-0.39, 0.29) is 61.2 Å². The number of alkyl carbamates (subject to hydrolysis) is 1. The Bertz CT molecular complexity index is 751. The Kier molecular flexibility index (Phi) is 12.0. The van der Waals surface area contributed by atoms with E-state index in [0.717, 1.165) is 0 Å². The van der Waals surface area contributed by atoms with Crippen LogP contribution >= 0.6 is 0 Å². The first-order valence-electron chi connectivity index (χ1n) is 9.80. The summed E-state index contributed by atoms with van der Waals surface area (Å²) in [5.74, 6) is 0.352. The van der Waals surface area contributed by atoms with Gasteiger partial charge in [0, 0.05) is 18.5 Å². The Morgan fingerprint density at radius 2 is 1.68 bits per heavy atom. The van der Waals surface area contributed by atoms with Gasteiger partial charge in [0.1, 0.15) is 6.10 Å². The van der Waals surface area contributed by atoms with Gasteiger partial charge in [0.2, 0.25) is 5.91 Å². The van der Waals surface area contributed by atoms with Crippen molar-refractivity contribution < 1.29 is 28.7 Å². The predicted molar refractivity (Wildman–Crippen MR) is 118 cm³/mol. The molecule has 1 unspecified atom stereocenters. The molecule has 2 N–H and O–H groups in total. The molecule has 176 valence electrons. The van der Waals surface area contributed by atoms with Crippen LogP contribution in [0.2, 0.25) is 0 Å². The second-order valence-electron chi connectivity index (χ2n) is 7.34. The standard InChI is InChI=1S/C20H31N3O7.CH4/c1-12(2)21-19(24)8-7-9-29-18-11-16(23(26)27)15(10-17(18)28-6)14(5)30-20(25)22-13(3)4;/h10-14H,7-9H2,1-6H3,(H,21,24)(H,22,25);1H4. The molecule has 0 spiro atoms. The lowest BCUT2D eigenvalue weighted by Gasteiger charge is -2.18. The molecule has 0 heterocycles. The quantitative estimate of drug-likeness (QED) is 0.300. The zero-order valence-electron chi connectivity index (χ0n) is 18.3. The fraction of sp³-hybridized carbons (Fsp3) is 0.619. The van der Waals surface area contributed by atoms with Crippen molar-refractivity contribution in [1.29, 1.82) is 0 Å². The first-order chi connectivity index (χ1) is 14.0. The number of carbonyl (C=O) groups excluding carboxylic acids is 2. The third-order valence-corrected chi connectivity index (χ3v) is 3.89. The molecule has 1 aromatic rings. The van der Waals surface area contributed by atoms with E-state index in [9.17, 15) is 19.7 Å². The normalized spacial score (nSPS) is 11.4. The second kappa shape index (κ2) is 13.3. The molecule has 0 aliphatic rings. The maximum absolute atomic E-state index is 11.8. The van der Waals surface area contributed by atoms with Gasteiger partial charge in [0.25, 0.3) is 5.69 Å². The minimum absolute atomic E-state index is 0. The summed E-state index contributed by atoms with van der Waals surface area (Å²) in [6, 6.07) is 2.59. The van der Waals surface area contributed by atoms with E-state index in [0.29, 0.717) is 6.42 Å². The number of methoxy groups -OCH3 is 1. The molecule has 0 radical (unpaired) electrons. The Hall–Kier alpha value is -3.04. The topological polar surface area (TPSA) is 129 Å². The molecule has 0 aliphatic carbocycles. The van der Waals surface area contributed by atoms with Crippen molar-refractivity contribution in [2.75, 3.05) is 13.7 Å². The molecule has 10 nitrogen and oxygen atoms in total. The van der Waals surface area contributed by atoms with E-state index in [4.69, 9.17) is 14.2 Å². The first kappa shape index (κ1) is 28.0. The number of hydrogen-bond donors (Lipinski definition) is 2.